The van der Waals surface area contributed by atoms with Crippen molar-refractivity contribution < 1.29 is 4.74 Å². The molecule has 0 aliphatic rings. The molecule has 0 aromatic rings. The fraction of sp³-hybridized carbons (Fsp3) is 1.00. The summed E-state index contributed by atoms with van der Waals surface area (Å²) in [6.07, 6.45) is 3.69. The van der Waals surface area contributed by atoms with Crippen molar-refractivity contribution in [2.24, 2.45) is 5.92 Å². The van der Waals surface area contributed by atoms with Crippen molar-refractivity contribution in [3.05, 3.63) is 0 Å². The Hall–Kier alpha value is -0.0800. The van der Waals surface area contributed by atoms with Crippen LogP contribution in [0.4, 0.5) is 0 Å². The van der Waals surface area contributed by atoms with Gasteiger partial charge in [-0.2, -0.15) is 0 Å². The van der Waals surface area contributed by atoms with Gasteiger partial charge in [0.25, 0.3) is 0 Å². The van der Waals surface area contributed by atoms with Crippen molar-refractivity contribution in [3.8, 4) is 0 Å². The summed E-state index contributed by atoms with van der Waals surface area (Å²) < 4.78 is 5.67. The lowest BCUT2D eigenvalue weighted by Crippen LogP contribution is -2.31. The largest absolute Gasteiger partial charge is 0.376 e. The average molecular weight is 229 g/mol. The molecule has 0 saturated heterocycles. The van der Waals surface area contributed by atoms with Gasteiger partial charge in [-0.1, -0.05) is 13.8 Å². The summed E-state index contributed by atoms with van der Waals surface area (Å²) in [4.78, 5) is 0. The Kier molecular flexibility index (Phi) is 8.04. The van der Waals surface area contributed by atoms with Crippen LogP contribution in [0.3, 0.4) is 0 Å². The fourth-order valence-corrected chi connectivity index (χ4v) is 1.35. The molecule has 0 heterocycles. The molecule has 16 heavy (non-hydrogen) atoms. The summed E-state index contributed by atoms with van der Waals surface area (Å²) in [6, 6.07) is 0.630. The first-order valence-electron chi connectivity index (χ1n) is 6.70. The normalized spacial score (nSPS) is 14.4. The molecule has 98 valence electrons. The van der Waals surface area contributed by atoms with Crippen molar-refractivity contribution in [3.63, 3.8) is 0 Å². The topological polar surface area (TPSA) is 21.3 Å². The SMILES string of the molecule is CC(C)C(C)NCCCCCOC(C)(C)C. The van der Waals surface area contributed by atoms with Gasteiger partial charge in [0, 0.05) is 12.6 Å². The number of unbranched alkanes of at least 4 members (excludes halogenated alkanes) is 2. The summed E-state index contributed by atoms with van der Waals surface area (Å²) in [6.45, 7) is 15.1. The van der Waals surface area contributed by atoms with Crippen LogP contribution < -0.4 is 5.32 Å². The predicted octanol–water partition coefficient (Wildman–Crippen LogP) is 3.61. The molecule has 0 aromatic heterocycles. The molecule has 0 rings (SSSR count). The maximum absolute atomic E-state index is 5.67. The van der Waals surface area contributed by atoms with Crippen LogP contribution in [0.1, 0.15) is 60.8 Å². The molecule has 0 aromatic carbocycles. The summed E-state index contributed by atoms with van der Waals surface area (Å²) >= 11 is 0. The van der Waals surface area contributed by atoms with Crippen LogP contribution in [0.15, 0.2) is 0 Å². The van der Waals surface area contributed by atoms with Gasteiger partial charge in [0.05, 0.1) is 5.60 Å². The van der Waals surface area contributed by atoms with Gasteiger partial charge < -0.3 is 10.1 Å². The van der Waals surface area contributed by atoms with Gasteiger partial charge in [0.2, 0.25) is 0 Å². The zero-order chi connectivity index (χ0) is 12.6. The molecule has 0 aliphatic heterocycles. The minimum absolute atomic E-state index is 0.0183. The van der Waals surface area contributed by atoms with Gasteiger partial charge in [0.1, 0.15) is 0 Å². The van der Waals surface area contributed by atoms with Gasteiger partial charge in [-0.25, -0.2) is 0 Å². The van der Waals surface area contributed by atoms with E-state index in [1.165, 1.54) is 19.3 Å². The molecule has 1 atom stereocenters. The van der Waals surface area contributed by atoms with Crippen molar-refractivity contribution in [1.29, 1.82) is 0 Å². The molecule has 0 spiro atoms. The molecular formula is C14H31NO. The lowest BCUT2D eigenvalue weighted by molar-refractivity contribution is -0.00470. The van der Waals surface area contributed by atoms with E-state index in [1.54, 1.807) is 0 Å². The van der Waals surface area contributed by atoms with Crippen LogP contribution in [0.5, 0.6) is 0 Å². The van der Waals surface area contributed by atoms with E-state index in [0.717, 1.165) is 19.1 Å². The lowest BCUT2D eigenvalue weighted by Gasteiger charge is -2.19. The highest BCUT2D eigenvalue weighted by atomic mass is 16.5. The van der Waals surface area contributed by atoms with Crippen LogP contribution >= 0.6 is 0 Å². The first-order valence-corrected chi connectivity index (χ1v) is 6.70. The number of hydrogen-bond acceptors (Lipinski definition) is 2. The monoisotopic (exact) mass is 229 g/mol. The van der Waals surface area contributed by atoms with E-state index in [9.17, 15) is 0 Å². The number of ether oxygens (including phenoxy) is 1. The fourth-order valence-electron chi connectivity index (χ4n) is 1.35. The third-order valence-electron chi connectivity index (χ3n) is 2.82. The maximum Gasteiger partial charge on any atom is 0.0598 e. The zero-order valence-electron chi connectivity index (χ0n) is 12.1. The lowest BCUT2D eigenvalue weighted by atomic mass is 10.1. The molecular weight excluding hydrogens is 198 g/mol. The standard InChI is InChI=1S/C14H31NO/c1-12(2)13(3)15-10-8-7-9-11-16-14(4,5)6/h12-13,15H,7-11H2,1-6H3. The number of hydrogen-bond donors (Lipinski definition) is 1. The zero-order valence-corrected chi connectivity index (χ0v) is 12.1. The molecule has 0 amide bonds. The molecule has 1 unspecified atom stereocenters. The molecule has 0 saturated carbocycles. The van der Waals surface area contributed by atoms with E-state index < -0.39 is 0 Å². The molecule has 2 nitrogen and oxygen atoms in total. The Balaban J connectivity index is 3.22. The third kappa shape index (κ3) is 10.4. The van der Waals surface area contributed by atoms with Crippen LogP contribution in [-0.2, 0) is 4.74 Å². The highest BCUT2D eigenvalue weighted by molar-refractivity contribution is 4.64. The van der Waals surface area contributed by atoms with Gasteiger partial charge >= 0.3 is 0 Å². The molecule has 2 heteroatoms. The van der Waals surface area contributed by atoms with E-state index in [4.69, 9.17) is 4.74 Å². The second-order valence-corrected chi connectivity index (χ2v) is 6.01. The van der Waals surface area contributed by atoms with E-state index in [1.807, 2.05) is 0 Å². The first-order chi connectivity index (χ1) is 7.33. The molecule has 0 bridgehead atoms. The molecule has 0 aliphatic carbocycles. The van der Waals surface area contributed by atoms with Crippen molar-refractivity contribution in [2.45, 2.75) is 72.4 Å². The molecule has 0 radical (unpaired) electrons. The minimum Gasteiger partial charge on any atom is -0.376 e. The Morgan fingerprint density at radius 3 is 2.12 bits per heavy atom. The predicted molar refractivity (Wildman–Crippen MR) is 71.9 cm³/mol. The van der Waals surface area contributed by atoms with Crippen LogP contribution in [-0.4, -0.2) is 24.8 Å². The summed E-state index contributed by atoms with van der Waals surface area (Å²) in [5.41, 5.74) is 0.0183. The van der Waals surface area contributed by atoms with Gasteiger partial charge in [-0.3, -0.25) is 0 Å². The van der Waals surface area contributed by atoms with Crippen molar-refractivity contribution in [1.82, 2.24) is 5.32 Å². The Morgan fingerprint density at radius 2 is 1.62 bits per heavy atom. The molecule has 1 N–H and O–H groups in total. The second-order valence-electron chi connectivity index (χ2n) is 6.01. The van der Waals surface area contributed by atoms with Gasteiger partial charge in [0.15, 0.2) is 0 Å². The van der Waals surface area contributed by atoms with Crippen LogP contribution in [0.2, 0.25) is 0 Å². The van der Waals surface area contributed by atoms with Crippen LogP contribution in [0.25, 0.3) is 0 Å². The quantitative estimate of drug-likeness (QED) is 0.642. The number of nitrogens with one attached hydrogen (secondary N) is 1. The smallest absolute Gasteiger partial charge is 0.0598 e. The average Bonchev–Trinajstić information content (AvgIpc) is 2.14. The van der Waals surface area contributed by atoms with Gasteiger partial charge in [-0.15, -0.1) is 0 Å². The Labute approximate surface area is 102 Å². The third-order valence-corrected chi connectivity index (χ3v) is 2.82. The first kappa shape index (κ1) is 15.9. The van der Waals surface area contributed by atoms with E-state index >= 15 is 0 Å². The van der Waals surface area contributed by atoms with Crippen molar-refractivity contribution >= 4 is 0 Å². The van der Waals surface area contributed by atoms with E-state index in [-0.39, 0.29) is 5.60 Å². The summed E-state index contributed by atoms with van der Waals surface area (Å²) in [5.74, 6) is 0.726. The summed E-state index contributed by atoms with van der Waals surface area (Å²) in [5, 5.41) is 3.55. The Morgan fingerprint density at radius 1 is 1.00 bits per heavy atom. The summed E-state index contributed by atoms with van der Waals surface area (Å²) in [7, 11) is 0. The highest BCUT2D eigenvalue weighted by Crippen LogP contribution is 2.08. The van der Waals surface area contributed by atoms with Gasteiger partial charge in [-0.05, 0) is 59.4 Å². The van der Waals surface area contributed by atoms with E-state index in [2.05, 4.69) is 46.9 Å². The number of rotatable bonds is 8. The van der Waals surface area contributed by atoms with E-state index in [0.29, 0.717) is 6.04 Å². The minimum atomic E-state index is 0.0183. The second kappa shape index (κ2) is 8.08. The van der Waals surface area contributed by atoms with Crippen molar-refractivity contribution in [2.75, 3.05) is 13.2 Å². The Bertz CT molecular complexity index is 161. The molecule has 0 fully saturated rings. The van der Waals surface area contributed by atoms with Crippen LogP contribution in [0, 0.1) is 5.92 Å². The maximum atomic E-state index is 5.67. The highest BCUT2D eigenvalue weighted by Gasteiger charge is 2.09.